The SMILES string of the molecule is C=C1C/C(=C\c2cnn3c(NC4CC4)cc(-c4cccc(OCCN5CCOCC5)c4)nc23)C(=O)N1. The minimum Gasteiger partial charge on any atom is -0.492 e. The summed E-state index contributed by atoms with van der Waals surface area (Å²) < 4.78 is 13.3. The number of morpholine rings is 1. The highest BCUT2D eigenvalue weighted by molar-refractivity contribution is 6.02. The number of rotatable bonds is 8. The quantitative estimate of drug-likeness (QED) is 0.473. The Morgan fingerprint density at radius 2 is 2.11 bits per heavy atom. The van der Waals surface area contributed by atoms with Crippen molar-refractivity contribution in [3.8, 4) is 17.0 Å². The van der Waals surface area contributed by atoms with Crippen LogP contribution in [-0.2, 0) is 9.53 Å². The lowest BCUT2D eigenvalue weighted by atomic mass is 10.1. The second-order valence-corrected chi connectivity index (χ2v) is 9.51. The average molecular weight is 487 g/mol. The number of fused-ring (bicyclic) bond motifs is 1. The van der Waals surface area contributed by atoms with Gasteiger partial charge in [0.05, 0.1) is 25.1 Å². The molecular weight excluding hydrogens is 456 g/mol. The van der Waals surface area contributed by atoms with Gasteiger partial charge in [0.1, 0.15) is 18.2 Å². The van der Waals surface area contributed by atoms with Crippen LogP contribution in [0.5, 0.6) is 5.75 Å². The second kappa shape index (κ2) is 9.75. The highest BCUT2D eigenvalue weighted by Gasteiger charge is 2.24. The number of benzene rings is 1. The predicted molar refractivity (Wildman–Crippen MR) is 138 cm³/mol. The Morgan fingerprint density at radius 3 is 2.89 bits per heavy atom. The summed E-state index contributed by atoms with van der Waals surface area (Å²) >= 11 is 0. The van der Waals surface area contributed by atoms with Crippen molar-refractivity contribution in [2.24, 2.45) is 0 Å². The van der Waals surface area contributed by atoms with Gasteiger partial charge in [0.15, 0.2) is 5.65 Å². The molecule has 3 fully saturated rings. The van der Waals surface area contributed by atoms with Gasteiger partial charge < -0.3 is 20.1 Å². The number of anilines is 1. The number of ether oxygens (including phenoxy) is 2. The van der Waals surface area contributed by atoms with Gasteiger partial charge >= 0.3 is 0 Å². The summed E-state index contributed by atoms with van der Waals surface area (Å²) in [5.74, 6) is 1.59. The molecule has 3 aliphatic rings. The Labute approximate surface area is 209 Å². The zero-order chi connectivity index (χ0) is 24.5. The van der Waals surface area contributed by atoms with E-state index in [1.165, 1.54) is 0 Å². The summed E-state index contributed by atoms with van der Waals surface area (Å²) in [5, 5.41) is 10.9. The molecule has 0 radical (unpaired) electrons. The summed E-state index contributed by atoms with van der Waals surface area (Å²) in [4.78, 5) is 19.6. The van der Waals surface area contributed by atoms with Crippen LogP contribution in [0.1, 0.15) is 24.8 Å². The zero-order valence-corrected chi connectivity index (χ0v) is 20.2. The van der Waals surface area contributed by atoms with Crippen LogP contribution < -0.4 is 15.4 Å². The van der Waals surface area contributed by atoms with Crippen molar-refractivity contribution >= 4 is 23.4 Å². The third-order valence-electron chi connectivity index (χ3n) is 6.65. The van der Waals surface area contributed by atoms with Crippen LogP contribution in [0.3, 0.4) is 0 Å². The number of nitrogens with zero attached hydrogens (tertiary/aromatic N) is 4. The molecule has 1 saturated carbocycles. The Kier molecular flexibility index (Phi) is 6.16. The number of nitrogens with one attached hydrogen (secondary N) is 2. The van der Waals surface area contributed by atoms with E-state index >= 15 is 0 Å². The summed E-state index contributed by atoms with van der Waals surface area (Å²) in [6.07, 6.45) is 6.42. The van der Waals surface area contributed by atoms with Crippen LogP contribution in [0.2, 0.25) is 0 Å². The third-order valence-corrected chi connectivity index (χ3v) is 6.65. The minimum atomic E-state index is -0.117. The van der Waals surface area contributed by atoms with E-state index in [1.807, 2.05) is 40.9 Å². The number of hydrogen-bond acceptors (Lipinski definition) is 7. The summed E-state index contributed by atoms with van der Waals surface area (Å²) in [6.45, 7) is 8.84. The first-order valence-electron chi connectivity index (χ1n) is 12.5. The molecule has 36 heavy (non-hydrogen) atoms. The molecule has 2 aromatic heterocycles. The molecular formula is C27H30N6O3. The number of carbonyl (C=O) groups excluding carboxylic acids is 1. The lowest BCUT2D eigenvalue weighted by molar-refractivity contribution is -0.115. The van der Waals surface area contributed by atoms with E-state index in [-0.39, 0.29) is 5.91 Å². The molecule has 3 aromatic rings. The molecule has 9 heteroatoms. The molecule has 2 saturated heterocycles. The van der Waals surface area contributed by atoms with E-state index < -0.39 is 0 Å². The topological polar surface area (TPSA) is 93.0 Å². The number of aromatic nitrogens is 3. The maximum atomic E-state index is 12.3. The third kappa shape index (κ3) is 4.98. The van der Waals surface area contributed by atoms with Gasteiger partial charge in [-0.3, -0.25) is 9.69 Å². The van der Waals surface area contributed by atoms with E-state index in [9.17, 15) is 4.79 Å². The van der Waals surface area contributed by atoms with Gasteiger partial charge in [-0.2, -0.15) is 9.61 Å². The van der Waals surface area contributed by atoms with Crippen molar-refractivity contribution in [3.63, 3.8) is 0 Å². The van der Waals surface area contributed by atoms with Crippen molar-refractivity contribution in [1.29, 1.82) is 0 Å². The molecule has 0 bridgehead atoms. The molecule has 0 unspecified atom stereocenters. The van der Waals surface area contributed by atoms with Gasteiger partial charge in [-0.05, 0) is 31.1 Å². The van der Waals surface area contributed by atoms with Crippen molar-refractivity contribution in [2.45, 2.75) is 25.3 Å². The van der Waals surface area contributed by atoms with E-state index in [0.29, 0.717) is 36.0 Å². The normalized spacial score (nSPS) is 19.7. The molecule has 1 aliphatic carbocycles. The Hall–Kier alpha value is -3.69. The average Bonchev–Trinajstić information content (AvgIpc) is 3.52. The summed E-state index contributed by atoms with van der Waals surface area (Å²) in [6, 6.07) is 10.5. The van der Waals surface area contributed by atoms with Crippen molar-refractivity contribution < 1.29 is 14.3 Å². The fraction of sp³-hybridized carbons (Fsp3) is 0.370. The van der Waals surface area contributed by atoms with Gasteiger partial charge in [-0.1, -0.05) is 18.7 Å². The van der Waals surface area contributed by atoms with Crippen molar-refractivity contribution in [3.05, 3.63) is 59.9 Å². The maximum absolute atomic E-state index is 12.3. The van der Waals surface area contributed by atoms with E-state index in [2.05, 4.69) is 27.2 Å². The molecule has 2 aliphatic heterocycles. The zero-order valence-electron chi connectivity index (χ0n) is 20.2. The standard InChI is InChI=1S/C27H30N6O3/c1-18-13-20(27(34)29-18)14-21-17-28-33-25(30-22-5-6-22)16-24(31-26(21)33)19-3-2-4-23(15-19)36-12-9-32-7-10-35-11-8-32/h2-4,14-17,22,30H,1,5-13H2,(H,29,34)/b20-14+. The lowest BCUT2D eigenvalue weighted by Gasteiger charge is -2.26. The minimum absolute atomic E-state index is 0.117. The molecule has 0 spiro atoms. The number of carbonyl (C=O) groups is 1. The van der Waals surface area contributed by atoms with Gasteiger partial charge in [0.25, 0.3) is 5.91 Å². The number of amides is 1. The first kappa shape index (κ1) is 22.8. The highest BCUT2D eigenvalue weighted by atomic mass is 16.5. The maximum Gasteiger partial charge on any atom is 0.251 e. The molecule has 1 amide bonds. The molecule has 186 valence electrons. The van der Waals surface area contributed by atoms with Crippen LogP contribution in [0, 0.1) is 0 Å². The monoisotopic (exact) mass is 486 g/mol. The smallest absolute Gasteiger partial charge is 0.251 e. The van der Waals surface area contributed by atoms with Crippen LogP contribution in [0.15, 0.2) is 54.4 Å². The summed E-state index contributed by atoms with van der Waals surface area (Å²) in [5.41, 5.74) is 4.66. The fourth-order valence-corrected chi connectivity index (χ4v) is 4.53. The van der Waals surface area contributed by atoms with Gasteiger partial charge in [-0.15, -0.1) is 0 Å². The Balaban J connectivity index is 1.29. The summed E-state index contributed by atoms with van der Waals surface area (Å²) in [7, 11) is 0. The molecule has 4 heterocycles. The van der Waals surface area contributed by atoms with Crippen LogP contribution >= 0.6 is 0 Å². The van der Waals surface area contributed by atoms with Crippen LogP contribution in [0.25, 0.3) is 23.0 Å². The highest BCUT2D eigenvalue weighted by Crippen LogP contribution is 2.31. The van der Waals surface area contributed by atoms with E-state index in [1.54, 1.807) is 6.20 Å². The van der Waals surface area contributed by atoms with E-state index in [4.69, 9.17) is 14.5 Å². The number of allylic oxidation sites excluding steroid dienone is 1. The number of hydrogen-bond donors (Lipinski definition) is 2. The fourth-order valence-electron chi connectivity index (χ4n) is 4.53. The predicted octanol–water partition coefficient (Wildman–Crippen LogP) is 3.10. The van der Waals surface area contributed by atoms with Gasteiger partial charge in [-0.25, -0.2) is 4.98 Å². The molecule has 1 aromatic carbocycles. The largest absolute Gasteiger partial charge is 0.492 e. The first-order chi connectivity index (χ1) is 17.6. The van der Waals surface area contributed by atoms with Gasteiger partial charge in [0, 0.05) is 60.6 Å². The van der Waals surface area contributed by atoms with Gasteiger partial charge in [0.2, 0.25) is 0 Å². The van der Waals surface area contributed by atoms with E-state index in [0.717, 1.165) is 74.1 Å². The second-order valence-electron chi connectivity index (χ2n) is 9.51. The van der Waals surface area contributed by atoms with Crippen molar-refractivity contribution in [1.82, 2.24) is 24.8 Å². The first-order valence-corrected chi connectivity index (χ1v) is 12.5. The van der Waals surface area contributed by atoms with Crippen molar-refractivity contribution in [2.75, 3.05) is 44.8 Å². The van der Waals surface area contributed by atoms with Crippen LogP contribution in [-0.4, -0.2) is 70.9 Å². The molecule has 6 rings (SSSR count). The molecule has 0 atom stereocenters. The van der Waals surface area contributed by atoms with Crippen LogP contribution in [0.4, 0.5) is 5.82 Å². The Bertz CT molecular complexity index is 1340. The Morgan fingerprint density at radius 1 is 1.25 bits per heavy atom. The molecule has 9 nitrogen and oxygen atoms in total. The molecule has 2 N–H and O–H groups in total. The lowest BCUT2D eigenvalue weighted by Crippen LogP contribution is -2.38.